The number of nitrogens with one attached hydrogen (secondary N) is 2. The van der Waals surface area contributed by atoms with E-state index in [1.807, 2.05) is 43.3 Å². The average Bonchev–Trinajstić information content (AvgIpc) is 3.01. The van der Waals surface area contributed by atoms with Crippen molar-refractivity contribution >= 4 is 11.6 Å². The van der Waals surface area contributed by atoms with E-state index < -0.39 is 0 Å². The molecule has 146 valence electrons. The number of aromatic nitrogens is 1. The van der Waals surface area contributed by atoms with Gasteiger partial charge in [0.2, 0.25) is 0 Å². The number of amides is 1. The number of para-hydroxylation sites is 1. The van der Waals surface area contributed by atoms with Crippen molar-refractivity contribution in [2.24, 2.45) is 0 Å². The van der Waals surface area contributed by atoms with E-state index in [0.29, 0.717) is 0 Å². The van der Waals surface area contributed by atoms with Crippen LogP contribution in [0.2, 0.25) is 0 Å². The van der Waals surface area contributed by atoms with E-state index in [4.69, 9.17) is 0 Å². The summed E-state index contributed by atoms with van der Waals surface area (Å²) in [6, 6.07) is 20.5. The van der Waals surface area contributed by atoms with Crippen molar-refractivity contribution in [3.63, 3.8) is 0 Å². The largest absolute Gasteiger partial charge is 0.341 e. The molecule has 0 aliphatic rings. The molecule has 4 heteroatoms. The van der Waals surface area contributed by atoms with Crippen LogP contribution in [0.25, 0.3) is 0 Å². The Labute approximate surface area is 167 Å². The van der Waals surface area contributed by atoms with Gasteiger partial charge in [-0.3, -0.25) is 4.79 Å². The lowest BCUT2D eigenvalue weighted by Crippen LogP contribution is -2.18. The molecule has 1 unspecified atom stereocenters. The van der Waals surface area contributed by atoms with Crippen LogP contribution in [0.3, 0.4) is 0 Å². The standard InChI is InChI=1S/C24H29N3O/c1-5-25-16-21-13-9-10-14-23(21)26-24(28)22-15-17(2)27(19(22)4)18(3)20-11-7-6-8-12-20/h6-15,18,25H,5,16H2,1-4H3,(H,26,28). The summed E-state index contributed by atoms with van der Waals surface area (Å²) in [5.74, 6) is -0.0661. The van der Waals surface area contributed by atoms with E-state index in [0.717, 1.165) is 41.3 Å². The fourth-order valence-corrected chi connectivity index (χ4v) is 3.73. The molecule has 1 aromatic heterocycles. The molecule has 0 aliphatic carbocycles. The maximum absolute atomic E-state index is 13.0. The molecule has 3 rings (SSSR count). The minimum Gasteiger partial charge on any atom is -0.341 e. The summed E-state index contributed by atoms with van der Waals surface area (Å²) in [5, 5.41) is 6.42. The van der Waals surface area contributed by atoms with E-state index in [-0.39, 0.29) is 11.9 Å². The molecular weight excluding hydrogens is 346 g/mol. The number of hydrogen-bond donors (Lipinski definition) is 2. The normalized spacial score (nSPS) is 12.0. The Morgan fingerprint density at radius 2 is 1.71 bits per heavy atom. The summed E-state index contributed by atoms with van der Waals surface area (Å²) in [5.41, 5.74) is 5.96. The van der Waals surface area contributed by atoms with Gasteiger partial charge in [0.15, 0.2) is 0 Å². The van der Waals surface area contributed by atoms with Crippen molar-refractivity contribution < 1.29 is 4.79 Å². The zero-order valence-corrected chi connectivity index (χ0v) is 17.1. The highest BCUT2D eigenvalue weighted by Crippen LogP contribution is 2.26. The average molecular weight is 376 g/mol. The number of benzene rings is 2. The van der Waals surface area contributed by atoms with E-state index >= 15 is 0 Å². The number of nitrogens with zero attached hydrogens (tertiary/aromatic N) is 1. The van der Waals surface area contributed by atoms with Crippen molar-refractivity contribution in [3.05, 3.63) is 88.7 Å². The Morgan fingerprint density at radius 1 is 1.04 bits per heavy atom. The molecule has 0 fully saturated rings. The lowest BCUT2D eigenvalue weighted by Gasteiger charge is -2.19. The topological polar surface area (TPSA) is 46.1 Å². The maximum atomic E-state index is 13.0. The van der Waals surface area contributed by atoms with E-state index in [2.05, 4.69) is 60.2 Å². The highest BCUT2D eigenvalue weighted by Gasteiger charge is 2.20. The molecule has 28 heavy (non-hydrogen) atoms. The summed E-state index contributed by atoms with van der Waals surface area (Å²) >= 11 is 0. The molecule has 0 saturated heterocycles. The molecule has 1 atom stereocenters. The summed E-state index contributed by atoms with van der Waals surface area (Å²) in [6.45, 7) is 9.94. The highest BCUT2D eigenvalue weighted by atomic mass is 16.1. The quantitative estimate of drug-likeness (QED) is 0.605. The van der Waals surface area contributed by atoms with Crippen LogP contribution in [0.5, 0.6) is 0 Å². The summed E-state index contributed by atoms with van der Waals surface area (Å²) in [7, 11) is 0. The smallest absolute Gasteiger partial charge is 0.257 e. The van der Waals surface area contributed by atoms with E-state index in [9.17, 15) is 4.79 Å². The number of hydrogen-bond acceptors (Lipinski definition) is 2. The van der Waals surface area contributed by atoms with Crippen LogP contribution in [0.1, 0.15) is 52.8 Å². The van der Waals surface area contributed by atoms with Crippen LogP contribution in [0.4, 0.5) is 5.69 Å². The van der Waals surface area contributed by atoms with Crippen LogP contribution >= 0.6 is 0 Å². The molecule has 1 heterocycles. The van der Waals surface area contributed by atoms with Gasteiger partial charge in [0.1, 0.15) is 0 Å². The Hall–Kier alpha value is -2.85. The molecule has 2 N–H and O–H groups in total. The second-order valence-corrected chi connectivity index (χ2v) is 7.13. The lowest BCUT2D eigenvalue weighted by atomic mass is 10.1. The van der Waals surface area contributed by atoms with Crippen molar-refractivity contribution in [1.82, 2.24) is 9.88 Å². The predicted octanol–water partition coefficient (Wildman–Crippen LogP) is 5.08. The lowest BCUT2D eigenvalue weighted by molar-refractivity contribution is 0.102. The number of carbonyl (C=O) groups excluding carboxylic acids is 1. The van der Waals surface area contributed by atoms with Gasteiger partial charge in [0.05, 0.1) is 11.6 Å². The third kappa shape index (κ3) is 4.18. The van der Waals surface area contributed by atoms with E-state index in [1.165, 1.54) is 5.56 Å². The monoisotopic (exact) mass is 375 g/mol. The van der Waals surface area contributed by atoms with Gasteiger partial charge < -0.3 is 15.2 Å². The Balaban J connectivity index is 1.86. The maximum Gasteiger partial charge on any atom is 0.257 e. The zero-order chi connectivity index (χ0) is 20.1. The first-order valence-corrected chi connectivity index (χ1v) is 9.86. The van der Waals surface area contributed by atoms with Gasteiger partial charge in [-0.2, -0.15) is 0 Å². The SMILES string of the molecule is CCNCc1ccccc1NC(=O)c1cc(C)n(C(C)c2ccccc2)c1C. The number of rotatable bonds is 7. The number of aryl methyl sites for hydroxylation is 1. The molecular formula is C24H29N3O. The van der Waals surface area contributed by atoms with Gasteiger partial charge in [-0.15, -0.1) is 0 Å². The fraction of sp³-hybridized carbons (Fsp3) is 0.292. The number of anilines is 1. The van der Waals surface area contributed by atoms with Gasteiger partial charge in [0.25, 0.3) is 5.91 Å². The van der Waals surface area contributed by atoms with Gasteiger partial charge in [-0.1, -0.05) is 55.5 Å². The molecule has 0 radical (unpaired) electrons. The van der Waals surface area contributed by atoms with Gasteiger partial charge in [-0.05, 0) is 50.6 Å². The highest BCUT2D eigenvalue weighted by molar-refractivity contribution is 6.05. The third-order valence-electron chi connectivity index (χ3n) is 5.23. The number of carbonyl (C=O) groups is 1. The summed E-state index contributed by atoms with van der Waals surface area (Å²) < 4.78 is 2.23. The molecule has 1 amide bonds. The first-order valence-electron chi connectivity index (χ1n) is 9.86. The van der Waals surface area contributed by atoms with Crippen LogP contribution in [0.15, 0.2) is 60.7 Å². The van der Waals surface area contributed by atoms with Crippen molar-refractivity contribution in [2.75, 3.05) is 11.9 Å². The van der Waals surface area contributed by atoms with Crippen LogP contribution < -0.4 is 10.6 Å². The second kappa shape index (κ2) is 8.89. The van der Waals surface area contributed by atoms with Gasteiger partial charge >= 0.3 is 0 Å². The van der Waals surface area contributed by atoms with Crippen LogP contribution in [-0.2, 0) is 6.54 Å². The molecule has 3 aromatic rings. The van der Waals surface area contributed by atoms with Gasteiger partial charge in [-0.25, -0.2) is 0 Å². The molecule has 4 nitrogen and oxygen atoms in total. The van der Waals surface area contributed by atoms with Gasteiger partial charge in [0, 0.05) is 23.6 Å². The fourth-order valence-electron chi connectivity index (χ4n) is 3.73. The predicted molar refractivity (Wildman–Crippen MR) is 116 cm³/mol. The molecule has 2 aromatic carbocycles. The first-order chi connectivity index (χ1) is 13.5. The first kappa shape index (κ1) is 19.9. The van der Waals surface area contributed by atoms with Crippen LogP contribution in [-0.4, -0.2) is 17.0 Å². The van der Waals surface area contributed by atoms with Crippen molar-refractivity contribution in [1.29, 1.82) is 0 Å². The second-order valence-electron chi connectivity index (χ2n) is 7.13. The molecule has 0 bridgehead atoms. The Bertz CT molecular complexity index is 944. The minimum atomic E-state index is -0.0661. The van der Waals surface area contributed by atoms with Crippen LogP contribution in [0, 0.1) is 13.8 Å². The molecule has 0 spiro atoms. The summed E-state index contributed by atoms with van der Waals surface area (Å²) in [4.78, 5) is 13.0. The van der Waals surface area contributed by atoms with E-state index in [1.54, 1.807) is 0 Å². The summed E-state index contributed by atoms with van der Waals surface area (Å²) in [6.07, 6.45) is 0. The Kier molecular flexibility index (Phi) is 6.32. The third-order valence-corrected chi connectivity index (χ3v) is 5.23. The van der Waals surface area contributed by atoms with Crippen molar-refractivity contribution in [3.8, 4) is 0 Å². The molecule has 0 aliphatic heterocycles. The zero-order valence-electron chi connectivity index (χ0n) is 17.1. The van der Waals surface area contributed by atoms with Crippen molar-refractivity contribution in [2.45, 2.75) is 40.3 Å². The minimum absolute atomic E-state index is 0.0661. The molecule has 0 saturated carbocycles. The Morgan fingerprint density at radius 3 is 2.43 bits per heavy atom.